The number of nitrogens with zero attached hydrogens (tertiary/aromatic N) is 1. The van der Waals surface area contributed by atoms with Crippen LogP contribution in [0.5, 0.6) is 0 Å². The van der Waals surface area contributed by atoms with Crippen molar-refractivity contribution in [3.8, 4) is 0 Å². The summed E-state index contributed by atoms with van der Waals surface area (Å²) in [4.78, 5) is 22.2. The molecule has 7 heteroatoms. The number of aromatic nitrogens is 2. The van der Waals surface area contributed by atoms with Crippen LogP contribution in [0.3, 0.4) is 0 Å². The van der Waals surface area contributed by atoms with E-state index in [-0.39, 0.29) is 11.5 Å². The zero-order valence-corrected chi connectivity index (χ0v) is 10.1. The predicted octanol–water partition coefficient (Wildman–Crippen LogP) is 1.76. The molecule has 0 spiro atoms. The van der Waals surface area contributed by atoms with Crippen LogP contribution in [0.2, 0.25) is 0 Å². The summed E-state index contributed by atoms with van der Waals surface area (Å²) in [6.07, 6.45) is -0.677. The molecule has 94 valence electrons. The van der Waals surface area contributed by atoms with Crippen molar-refractivity contribution in [2.45, 2.75) is 33.3 Å². The summed E-state index contributed by atoms with van der Waals surface area (Å²) in [6.45, 7) is 6.73. The van der Waals surface area contributed by atoms with Crippen LogP contribution in [0.1, 0.15) is 36.8 Å². The Morgan fingerprint density at radius 3 is 2.41 bits per heavy atom. The largest absolute Gasteiger partial charge is 0.477 e. The number of hydrogen-bond acceptors (Lipinski definition) is 4. The van der Waals surface area contributed by atoms with E-state index in [4.69, 9.17) is 9.84 Å². The minimum Gasteiger partial charge on any atom is -0.477 e. The van der Waals surface area contributed by atoms with E-state index in [1.54, 1.807) is 27.7 Å². The first kappa shape index (κ1) is 13.0. The molecule has 0 radical (unpaired) electrons. The first-order valence-electron chi connectivity index (χ1n) is 4.99. The van der Waals surface area contributed by atoms with Gasteiger partial charge in [0.15, 0.2) is 5.82 Å². The zero-order chi connectivity index (χ0) is 13.2. The van der Waals surface area contributed by atoms with Crippen molar-refractivity contribution in [1.29, 1.82) is 0 Å². The summed E-state index contributed by atoms with van der Waals surface area (Å²) in [5.74, 6) is -0.983. The molecule has 0 atom stereocenters. The number of aromatic carboxylic acids is 1. The van der Waals surface area contributed by atoms with Crippen LogP contribution < -0.4 is 5.32 Å². The number of hydrogen-bond donors (Lipinski definition) is 3. The molecule has 1 rings (SSSR count). The van der Waals surface area contributed by atoms with Gasteiger partial charge in [0.2, 0.25) is 0 Å². The van der Waals surface area contributed by atoms with E-state index in [0.29, 0.717) is 5.56 Å². The third kappa shape index (κ3) is 3.47. The number of carbonyl (C=O) groups excluding carboxylic acids is 1. The minimum atomic E-state index is -1.13. The van der Waals surface area contributed by atoms with E-state index in [9.17, 15) is 9.59 Å². The van der Waals surface area contributed by atoms with Gasteiger partial charge in [-0.15, -0.1) is 0 Å². The Balaban J connectivity index is 2.76. The van der Waals surface area contributed by atoms with E-state index in [2.05, 4.69) is 15.5 Å². The molecule has 1 aromatic rings. The number of rotatable bonds is 2. The molecule has 1 heterocycles. The van der Waals surface area contributed by atoms with Crippen LogP contribution in [-0.4, -0.2) is 33.0 Å². The third-order valence-electron chi connectivity index (χ3n) is 1.84. The van der Waals surface area contributed by atoms with E-state index in [0.717, 1.165) is 0 Å². The average Bonchev–Trinajstić information content (AvgIpc) is 2.44. The van der Waals surface area contributed by atoms with Crippen molar-refractivity contribution in [1.82, 2.24) is 10.2 Å². The molecule has 3 N–H and O–H groups in total. The van der Waals surface area contributed by atoms with Crippen molar-refractivity contribution in [3.63, 3.8) is 0 Å². The van der Waals surface area contributed by atoms with E-state index >= 15 is 0 Å². The topological polar surface area (TPSA) is 104 Å². The monoisotopic (exact) mass is 241 g/mol. The lowest BCUT2D eigenvalue weighted by molar-refractivity contribution is 0.0632. The number of carbonyl (C=O) groups is 2. The molecule has 0 bridgehead atoms. The number of carboxylic acids is 1. The van der Waals surface area contributed by atoms with Gasteiger partial charge < -0.3 is 9.84 Å². The summed E-state index contributed by atoms with van der Waals surface area (Å²) in [5, 5.41) is 17.2. The minimum absolute atomic E-state index is 0.0592. The number of anilines is 1. The molecule has 1 aromatic heterocycles. The van der Waals surface area contributed by atoms with Gasteiger partial charge in [-0.05, 0) is 27.7 Å². The summed E-state index contributed by atoms with van der Waals surface area (Å²) in [7, 11) is 0. The standard InChI is InChI=1S/C10H15N3O4/c1-5-6(8(14)15)12-13-7(5)11-9(16)17-10(2,3)4/h1-4H3,(H,14,15)(H2,11,12,13,16). The number of carboxylic acid groups (broad SMARTS) is 1. The van der Waals surface area contributed by atoms with Gasteiger partial charge in [0.1, 0.15) is 11.3 Å². The van der Waals surface area contributed by atoms with Crippen LogP contribution >= 0.6 is 0 Å². The Kier molecular flexibility index (Phi) is 3.40. The van der Waals surface area contributed by atoms with Gasteiger partial charge in [0, 0.05) is 5.56 Å². The Labute approximate surface area is 98.2 Å². The highest BCUT2D eigenvalue weighted by Crippen LogP contribution is 2.16. The van der Waals surface area contributed by atoms with Gasteiger partial charge >= 0.3 is 12.1 Å². The fourth-order valence-electron chi connectivity index (χ4n) is 1.13. The van der Waals surface area contributed by atoms with Crippen molar-refractivity contribution < 1.29 is 19.4 Å². The summed E-state index contributed by atoms with van der Waals surface area (Å²) in [6, 6.07) is 0. The van der Waals surface area contributed by atoms with Crippen LogP contribution in [-0.2, 0) is 4.74 Å². The second kappa shape index (κ2) is 4.44. The van der Waals surface area contributed by atoms with Crippen LogP contribution in [0.15, 0.2) is 0 Å². The smallest absolute Gasteiger partial charge is 0.413 e. The number of H-pyrrole nitrogens is 1. The third-order valence-corrected chi connectivity index (χ3v) is 1.84. The lowest BCUT2D eigenvalue weighted by Gasteiger charge is -2.19. The molecule has 0 aliphatic heterocycles. The molecule has 0 aliphatic rings. The van der Waals surface area contributed by atoms with E-state index in [1.807, 2.05) is 0 Å². The van der Waals surface area contributed by atoms with Crippen molar-refractivity contribution in [2.24, 2.45) is 0 Å². The van der Waals surface area contributed by atoms with Gasteiger partial charge in [-0.25, -0.2) is 9.59 Å². The van der Waals surface area contributed by atoms with Gasteiger partial charge in [-0.3, -0.25) is 10.4 Å². The molecule has 0 saturated carbocycles. The number of amides is 1. The molecule has 17 heavy (non-hydrogen) atoms. The lowest BCUT2D eigenvalue weighted by Crippen LogP contribution is -2.27. The van der Waals surface area contributed by atoms with E-state index in [1.165, 1.54) is 0 Å². The first-order chi connectivity index (χ1) is 7.70. The molecule has 0 fully saturated rings. The second-order valence-electron chi connectivity index (χ2n) is 4.50. The highest BCUT2D eigenvalue weighted by atomic mass is 16.6. The summed E-state index contributed by atoms with van der Waals surface area (Å²) < 4.78 is 5.02. The molecule has 1 amide bonds. The van der Waals surface area contributed by atoms with Crippen LogP contribution in [0.25, 0.3) is 0 Å². The Bertz CT molecular complexity index is 445. The van der Waals surface area contributed by atoms with Crippen molar-refractivity contribution in [2.75, 3.05) is 5.32 Å². The highest BCUT2D eigenvalue weighted by Gasteiger charge is 2.20. The molecule has 7 nitrogen and oxygen atoms in total. The number of aromatic amines is 1. The molecular weight excluding hydrogens is 226 g/mol. The second-order valence-corrected chi connectivity index (χ2v) is 4.50. The summed E-state index contributed by atoms with van der Waals surface area (Å²) >= 11 is 0. The Morgan fingerprint density at radius 1 is 1.41 bits per heavy atom. The molecule has 0 aliphatic carbocycles. The fourth-order valence-corrected chi connectivity index (χ4v) is 1.13. The summed E-state index contributed by atoms with van der Waals surface area (Å²) in [5.41, 5.74) is -0.330. The van der Waals surface area contributed by atoms with Gasteiger partial charge in [0.05, 0.1) is 0 Å². The van der Waals surface area contributed by atoms with Crippen molar-refractivity contribution >= 4 is 17.9 Å². The predicted molar refractivity (Wildman–Crippen MR) is 60.1 cm³/mol. The molecular formula is C10H15N3O4. The SMILES string of the molecule is Cc1c(NC(=O)OC(C)(C)C)n[nH]c1C(=O)O. The maximum atomic E-state index is 11.4. The maximum Gasteiger partial charge on any atom is 0.413 e. The average molecular weight is 241 g/mol. The maximum absolute atomic E-state index is 11.4. The van der Waals surface area contributed by atoms with Gasteiger partial charge in [-0.2, -0.15) is 5.10 Å². The zero-order valence-electron chi connectivity index (χ0n) is 10.1. The first-order valence-corrected chi connectivity index (χ1v) is 4.99. The highest BCUT2D eigenvalue weighted by molar-refractivity contribution is 5.91. The number of nitrogens with one attached hydrogen (secondary N) is 2. The molecule has 0 aromatic carbocycles. The fraction of sp³-hybridized carbons (Fsp3) is 0.500. The number of ether oxygens (including phenoxy) is 1. The Hall–Kier alpha value is -2.05. The van der Waals surface area contributed by atoms with E-state index < -0.39 is 17.7 Å². The normalized spacial score (nSPS) is 11.1. The van der Waals surface area contributed by atoms with Crippen molar-refractivity contribution in [3.05, 3.63) is 11.3 Å². The lowest BCUT2D eigenvalue weighted by atomic mass is 10.2. The van der Waals surface area contributed by atoms with Crippen LogP contribution in [0, 0.1) is 6.92 Å². The molecule has 0 unspecified atom stereocenters. The molecule has 0 saturated heterocycles. The quantitative estimate of drug-likeness (QED) is 0.731. The van der Waals surface area contributed by atoms with Gasteiger partial charge in [-0.1, -0.05) is 0 Å². The van der Waals surface area contributed by atoms with Gasteiger partial charge in [0.25, 0.3) is 0 Å². The van der Waals surface area contributed by atoms with Crippen LogP contribution in [0.4, 0.5) is 10.6 Å². The Morgan fingerprint density at radius 2 is 2.00 bits per heavy atom.